The summed E-state index contributed by atoms with van der Waals surface area (Å²) in [4.78, 5) is 31.9. The molecule has 132 valence electrons. The van der Waals surface area contributed by atoms with E-state index in [4.69, 9.17) is 20.5 Å². The maximum atomic E-state index is 11.8. The standard InChI is InChI=1S/C11H15N4O8P/c12-5-1-4-6(9(19)14-5)13-2-15(4)10-7(17)8(18)11(21-10)22-23-24(20)3-16/h1-2,7-8,10-11,16-18,20H,3H2,(H3,12,14,19)/t7?,8-,10-,11-,24?/m1/s1. The van der Waals surface area contributed by atoms with Crippen LogP contribution in [0, 0.1) is 0 Å². The Morgan fingerprint density at radius 3 is 2.92 bits per heavy atom. The number of hydrogen-bond donors (Lipinski definition) is 6. The van der Waals surface area contributed by atoms with Crippen molar-refractivity contribution in [2.75, 3.05) is 12.1 Å². The number of imidazole rings is 1. The SMILES string of the molecule is Nc1cc2c(ncn2[C@@H]2O[C@H](OOP(O)CO)[C@H](O)C2O)c(=O)[nH]1. The van der Waals surface area contributed by atoms with Crippen LogP contribution in [0.4, 0.5) is 5.82 Å². The topological polar surface area (TPSA) is 185 Å². The molecule has 2 aromatic heterocycles. The van der Waals surface area contributed by atoms with Gasteiger partial charge >= 0.3 is 0 Å². The Kier molecular flexibility index (Phi) is 4.80. The van der Waals surface area contributed by atoms with Crippen molar-refractivity contribution in [3.63, 3.8) is 0 Å². The summed E-state index contributed by atoms with van der Waals surface area (Å²) >= 11 is 0. The minimum absolute atomic E-state index is 0.0780. The average Bonchev–Trinajstić information content (AvgIpc) is 3.08. The van der Waals surface area contributed by atoms with Gasteiger partial charge in [0.1, 0.15) is 24.4 Å². The van der Waals surface area contributed by atoms with E-state index in [0.29, 0.717) is 0 Å². The summed E-state index contributed by atoms with van der Waals surface area (Å²) in [5.74, 6) is 0.0901. The van der Waals surface area contributed by atoms with Gasteiger partial charge in [0, 0.05) is 6.07 Å². The maximum absolute atomic E-state index is 11.8. The molecule has 1 aliphatic rings. The number of H-pyrrole nitrogens is 1. The first-order chi connectivity index (χ1) is 11.4. The van der Waals surface area contributed by atoms with Crippen LogP contribution in [0.2, 0.25) is 0 Å². The number of nitrogens with two attached hydrogens (primary N) is 1. The largest absolute Gasteiger partial charge is 0.387 e. The van der Waals surface area contributed by atoms with Crippen LogP contribution in [0.1, 0.15) is 6.23 Å². The van der Waals surface area contributed by atoms with Crippen LogP contribution in [0.25, 0.3) is 11.0 Å². The Morgan fingerprint density at radius 1 is 1.46 bits per heavy atom. The summed E-state index contributed by atoms with van der Waals surface area (Å²) in [6.07, 6.45) is -4.93. The monoisotopic (exact) mass is 362 g/mol. The number of aliphatic hydroxyl groups excluding tert-OH is 3. The number of nitrogens with zero attached hydrogens (tertiary/aromatic N) is 2. The molecule has 1 saturated heterocycles. The van der Waals surface area contributed by atoms with Gasteiger partial charge < -0.3 is 40.2 Å². The summed E-state index contributed by atoms with van der Waals surface area (Å²) in [5.41, 5.74) is 5.45. The van der Waals surface area contributed by atoms with Crippen molar-refractivity contribution in [3.8, 4) is 0 Å². The second-order valence-electron chi connectivity index (χ2n) is 4.98. The molecule has 0 bridgehead atoms. The van der Waals surface area contributed by atoms with Gasteiger partial charge in [0.05, 0.1) is 11.8 Å². The van der Waals surface area contributed by atoms with E-state index in [1.807, 2.05) is 0 Å². The fourth-order valence-corrected chi connectivity index (χ4v) is 2.55. The number of anilines is 1. The van der Waals surface area contributed by atoms with Gasteiger partial charge in [-0.2, -0.15) is 9.56 Å². The third-order valence-electron chi connectivity index (χ3n) is 3.41. The first-order valence-corrected chi connectivity index (χ1v) is 8.09. The van der Waals surface area contributed by atoms with Crippen LogP contribution in [0.3, 0.4) is 0 Å². The third kappa shape index (κ3) is 3.01. The highest BCUT2D eigenvalue weighted by Gasteiger charge is 2.46. The molecule has 0 spiro atoms. The van der Waals surface area contributed by atoms with Gasteiger partial charge in [0.15, 0.2) is 11.7 Å². The lowest BCUT2D eigenvalue weighted by Gasteiger charge is -2.16. The van der Waals surface area contributed by atoms with E-state index >= 15 is 0 Å². The molecule has 1 aliphatic heterocycles. The molecular weight excluding hydrogens is 347 g/mol. The van der Waals surface area contributed by atoms with Crippen molar-refractivity contribution < 1.29 is 34.5 Å². The fourth-order valence-electron chi connectivity index (χ4n) is 2.32. The normalized spacial score (nSPS) is 28.5. The van der Waals surface area contributed by atoms with Crippen LogP contribution < -0.4 is 11.3 Å². The van der Waals surface area contributed by atoms with Crippen molar-refractivity contribution in [2.24, 2.45) is 0 Å². The molecule has 24 heavy (non-hydrogen) atoms. The molecule has 0 aromatic carbocycles. The highest BCUT2D eigenvalue weighted by Crippen LogP contribution is 2.36. The van der Waals surface area contributed by atoms with E-state index < -0.39 is 45.0 Å². The summed E-state index contributed by atoms with van der Waals surface area (Å²) < 4.78 is 11.1. The molecule has 0 amide bonds. The number of aromatic nitrogens is 3. The minimum atomic E-state index is -2.24. The molecule has 2 unspecified atom stereocenters. The molecule has 13 heteroatoms. The van der Waals surface area contributed by atoms with E-state index in [-0.39, 0.29) is 16.9 Å². The van der Waals surface area contributed by atoms with Crippen LogP contribution in [0.15, 0.2) is 17.2 Å². The number of aliphatic hydroxyl groups is 3. The lowest BCUT2D eigenvalue weighted by Crippen LogP contribution is -2.32. The second kappa shape index (κ2) is 6.70. The van der Waals surface area contributed by atoms with Gasteiger partial charge in [0.25, 0.3) is 5.56 Å². The lowest BCUT2D eigenvalue weighted by molar-refractivity contribution is -0.332. The Morgan fingerprint density at radius 2 is 2.21 bits per heavy atom. The molecular formula is C11H15N4O8P. The summed E-state index contributed by atoms with van der Waals surface area (Å²) in [5, 5.41) is 28.8. The van der Waals surface area contributed by atoms with E-state index in [1.165, 1.54) is 17.0 Å². The smallest absolute Gasteiger partial charge is 0.277 e. The summed E-state index contributed by atoms with van der Waals surface area (Å²) in [7, 11) is -2.24. The predicted octanol–water partition coefficient (Wildman–Crippen LogP) is -1.91. The molecule has 0 radical (unpaired) electrons. The number of hydrogen-bond acceptors (Lipinski definition) is 10. The Labute approximate surface area is 134 Å². The molecule has 3 rings (SSSR count). The molecule has 1 fully saturated rings. The van der Waals surface area contributed by atoms with Gasteiger partial charge in [-0.3, -0.25) is 4.79 Å². The zero-order valence-electron chi connectivity index (χ0n) is 12.0. The van der Waals surface area contributed by atoms with E-state index in [1.54, 1.807) is 0 Å². The minimum Gasteiger partial charge on any atom is -0.387 e. The molecule has 0 saturated carbocycles. The lowest BCUT2D eigenvalue weighted by atomic mass is 10.2. The highest BCUT2D eigenvalue weighted by molar-refractivity contribution is 7.45. The van der Waals surface area contributed by atoms with Crippen LogP contribution in [0.5, 0.6) is 0 Å². The quantitative estimate of drug-likeness (QED) is 0.199. The van der Waals surface area contributed by atoms with Crippen LogP contribution in [-0.4, -0.2) is 59.6 Å². The Balaban J connectivity index is 1.86. The van der Waals surface area contributed by atoms with Crippen LogP contribution >= 0.6 is 8.38 Å². The maximum Gasteiger partial charge on any atom is 0.277 e. The second-order valence-corrected chi connectivity index (χ2v) is 6.12. The summed E-state index contributed by atoms with van der Waals surface area (Å²) in [6.45, 7) is 0. The Hall–Kier alpha value is -1.63. The van der Waals surface area contributed by atoms with Crippen molar-refractivity contribution in [2.45, 2.75) is 24.7 Å². The first-order valence-electron chi connectivity index (χ1n) is 6.70. The number of aromatic amines is 1. The molecule has 3 heterocycles. The molecule has 12 nitrogen and oxygen atoms in total. The molecule has 5 atom stereocenters. The van der Waals surface area contributed by atoms with Crippen molar-refractivity contribution in [3.05, 3.63) is 22.7 Å². The zero-order chi connectivity index (χ0) is 17.4. The van der Waals surface area contributed by atoms with Gasteiger partial charge in [-0.25, -0.2) is 4.98 Å². The molecule has 0 aliphatic carbocycles. The first kappa shape index (κ1) is 17.2. The van der Waals surface area contributed by atoms with Gasteiger partial charge in [-0.05, 0) is 0 Å². The Bertz CT molecular complexity index is 781. The van der Waals surface area contributed by atoms with E-state index in [9.17, 15) is 15.0 Å². The third-order valence-corrected chi connectivity index (χ3v) is 3.91. The van der Waals surface area contributed by atoms with Crippen molar-refractivity contribution in [1.29, 1.82) is 0 Å². The van der Waals surface area contributed by atoms with Crippen molar-refractivity contribution >= 4 is 25.2 Å². The number of fused-ring (bicyclic) bond motifs is 1. The predicted molar refractivity (Wildman–Crippen MR) is 79.1 cm³/mol. The van der Waals surface area contributed by atoms with Gasteiger partial charge in [-0.15, -0.1) is 0 Å². The highest BCUT2D eigenvalue weighted by atomic mass is 31.2. The van der Waals surface area contributed by atoms with Gasteiger partial charge in [-0.1, -0.05) is 0 Å². The van der Waals surface area contributed by atoms with Crippen molar-refractivity contribution in [1.82, 2.24) is 14.5 Å². The van der Waals surface area contributed by atoms with Gasteiger partial charge in [0.2, 0.25) is 14.7 Å². The molecule has 7 N–H and O–H groups in total. The number of pyridine rings is 1. The summed E-state index contributed by atoms with van der Waals surface area (Å²) in [6, 6.07) is 1.43. The fraction of sp³-hybridized carbons (Fsp3) is 0.455. The number of ether oxygens (including phenoxy) is 1. The van der Waals surface area contributed by atoms with E-state index in [0.717, 1.165) is 0 Å². The average molecular weight is 362 g/mol. The zero-order valence-corrected chi connectivity index (χ0v) is 12.9. The van der Waals surface area contributed by atoms with Crippen LogP contribution in [-0.2, 0) is 14.3 Å². The van der Waals surface area contributed by atoms with E-state index in [2.05, 4.69) is 19.5 Å². The number of nitrogen functional groups attached to an aromatic ring is 1. The number of nitrogens with one attached hydrogen (secondary N) is 1. The molecule has 2 aromatic rings. The number of rotatable bonds is 5.